The molecule has 1 N–H and O–H groups in total. The van der Waals surface area contributed by atoms with Crippen LogP contribution in [0.5, 0.6) is 0 Å². The van der Waals surface area contributed by atoms with Crippen LogP contribution in [0.25, 0.3) is 0 Å². The number of hydrogen-bond donors (Lipinski definition) is 1. The Bertz CT molecular complexity index is 114. The highest BCUT2D eigenvalue weighted by molar-refractivity contribution is 4.99. The van der Waals surface area contributed by atoms with E-state index in [9.17, 15) is 0 Å². The molecule has 0 heterocycles. The fourth-order valence-electron chi connectivity index (χ4n) is 0.385. The molecule has 1 rings (SSSR count). The third-order valence-electron chi connectivity index (χ3n) is 0.667. The van der Waals surface area contributed by atoms with Gasteiger partial charge in [-0.15, -0.1) is 4.91 Å². The standard InChI is InChI=1S/C6H6.HNO2/c1-2-4-6-5-3-1;2-1-3/h1-6H;(H,2,3). The second kappa shape index (κ2) is 6.62. The lowest BCUT2D eigenvalue weighted by Crippen LogP contribution is -1.47. The third kappa shape index (κ3) is 6.62. The van der Waals surface area contributed by atoms with Crippen LogP contribution in [0.15, 0.2) is 41.7 Å². The van der Waals surface area contributed by atoms with Gasteiger partial charge in [0.1, 0.15) is 0 Å². The number of nitrogens with zero attached hydrogens (tertiary/aromatic N) is 1. The normalized spacial score (nSPS) is 6.67. The average molecular weight is 125 g/mol. The van der Waals surface area contributed by atoms with E-state index in [1.54, 1.807) is 0 Å². The van der Waals surface area contributed by atoms with Crippen molar-refractivity contribution in [3.63, 3.8) is 0 Å². The van der Waals surface area contributed by atoms with Gasteiger partial charge in [0.25, 0.3) is 0 Å². The quantitative estimate of drug-likeness (QED) is 0.424. The van der Waals surface area contributed by atoms with E-state index in [1.165, 1.54) is 5.34 Å². The van der Waals surface area contributed by atoms with Crippen LogP contribution in [-0.2, 0) is 0 Å². The zero-order valence-electron chi connectivity index (χ0n) is 4.77. The Morgan fingerprint density at radius 2 is 1.00 bits per heavy atom. The minimum absolute atomic E-state index is 1.25. The molecular formula is C6H7NO2. The minimum Gasteiger partial charge on any atom is -0.379 e. The molecule has 0 unspecified atom stereocenters. The Morgan fingerprint density at radius 1 is 0.889 bits per heavy atom. The predicted octanol–water partition coefficient (Wildman–Crippen LogP) is 1.83. The highest BCUT2D eigenvalue weighted by Gasteiger charge is 1.57. The summed E-state index contributed by atoms with van der Waals surface area (Å²) in [6.07, 6.45) is 0. The van der Waals surface area contributed by atoms with Gasteiger partial charge < -0.3 is 5.21 Å². The van der Waals surface area contributed by atoms with Crippen molar-refractivity contribution < 1.29 is 5.21 Å². The van der Waals surface area contributed by atoms with Gasteiger partial charge in [-0.3, -0.25) is 0 Å². The summed E-state index contributed by atoms with van der Waals surface area (Å²) in [5.74, 6) is 0. The first-order valence-corrected chi connectivity index (χ1v) is 2.38. The molecule has 0 amide bonds. The van der Waals surface area contributed by atoms with E-state index in [0.717, 1.165) is 0 Å². The maximum Gasteiger partial charge on any atom is 0.152 e. The first-order chi connectivity index (χ1) is 4.41. The summed E-state index contributed by atoms with van der Waals surface area (Å²) in [6.45, 7) is 0. The number of benzene rings is 1. The molecule has 0 aliphatic carbocycles. The highest BCUT2D eigenvalue weighted by Crippen LogP contribution is 1.79. The van der Waals surface area contributed by atoms with Crippen molar-refractivity contribution in [3.05, 3.63) is 41.3 Å². The smallest absolute Gasteiger partial charge is 0.152 e. The average Bonchev–Trinajstić information content (AvgIpc) is 1.93. The van der Waals surface area contributed by atoms with Crippen molar-refractivity contribution in [1.29, 1.82) is 0 Å². The van der Waals surface area contributed by atoms with Crippen molar-refractivity contribution in [2.24, 2.45) is 5.34 Å². The Hall–Kier alpha value is -1.38. The molecule has 0 atom stereocenters. The lowest BCUT2D eigenvalue weighted by molar-refractivity contribution is 0.312. The van der Waals surface area contributed by atoms with E-state index in [2.05, 4.69) is 0 Å². The van der Waals surface area contributed by atoms with Gasteiger partial charge in [-0.2, -0.15) is 0 Å². The van der Waals surface area contributed by atoms with Gasteiger partial charge in [0.15, 0.2) is 5.34 Å². The molecule has 0 fully saturated rings. The van der Waals surface area contributed by atoms with Gasteiger partial charge in [0.05, 0.1) is 0 Å². The monoisotopic (exact) mass is 125 g/mol. The van der Waals surface area contributed by atoms with Gasteiger partial charge in [-0.1, -0.05) is 36.4 Å². The predicted molar refractivity (Wildman–Crippen MR) is 34.0 cm³/mol. The van der Waals surface area contributed by atoms with Crippen molar-refractivity contribution in [1.82, 2.24) is 0 Å². The molecule has 0 saturated heterocycles. The van der Waals surface area contributed by atoms with Gasteiger partial charge in [0, 0.05) is 0 Å². The van der Waals surface area contributed by atoms with Crippen LogP contribution in [0.3, 0.4) is 0 Å². The largest absolute Gasteiger partial charge is 0.379 e. The molecule has 0 spiro atoms. The Balaban J connectivity index is 0.000000187. The molecule has 3 nitrogen and oxygen atoms in total. The Morgan fingerprint density at radius 3 is 1.11 bits per heavy atom. The van der Waals surface area contributed by atoms with E-state index in [-0.39, 0.29) is 0 Å². The highest BCUT2D eigenvalue weighted by atomic mass is 16.6. The summed E-state index contributed by atoms with van der Waals surface area (Å²) in [4.78, 5) is 8.11. The molecule has 0 aromatic heterocycles. The summed E-state index contributed by atoms with van der Waals surface area (Å²) in [5.41, 5.74) is 0. The maximum absolute atomic E-state index is 8.11. The van der Waals surface area contributed by atoms with Crippen molar-refractivity contribution in [3.8, 4) is 0 Å². The van der Waals surface area contributed by atoms with Crippen molar-refractivity contribution in [2.75, 3.05) is 0 Å². The van der Waals surface area contributed by atoms with Crippen LogP contribution < -0.4 is 0 Å². The van der Waals surface area contributed by atoms with Crippen LogP contribution in [0.1, 0.15) is 0 Å². The fourth-order valence-corrected chi connectivity index (χ4v) is 0.385. The third-order valence-corrected chi connectivity index (χ3v) is 0.667. The molecule has 0 aliphatic heterocycles. The molecule has 1 aromatic carbocycles. The first-order valence-electron chi connectivity index (χ1n) is 2.38. The van der Waals surface area contributed by atoms with Gasteiger partial charge in [0.2, 0.25) is 0 Å². The van der Waals surface area contributed by atoms with E-state index >= 15 is 0 Å². The Kier molecular flexibility index (Phi) is 5.60. The first kappa shape index (κ1) is 7.62. The van der Waals surface area contributed by atoms with Gasteiger partial charge in [-0.25, -0.2) is 0 Å². The van der Waals surface area contributed by atoms with Gasteiger partial charge >= 0.3 is 0 Å². The lowest BCUT2D eigenvalue weighted by atomic mass is 10.4. The molecular weight excluding hydrogens is 118 g/mol. The second-order valence-corrected chi connectivity index (χ2v) is 1.24. The summed E-state index contributed by atoms with van der Waals surface area (Å²) >= 11 is 0. The zero-order valence-corrected chi connectivity index (χ0v) is 4.77. The summed E-state index contributed by atoms with van der Waals surface area (Å²) in [5, 5.41) is 7.89. The van der Waals surface area contributed by atoms with Crippen molar-refractivity contribution >= 4 is 0 Å². The number of rotatable bonds is 0. The minimum atomic E-state index is 1.25. The second-order valence-electron chi connectivity index (χ2n) is 1.24. The van der Waals surface area contributed by atoms with E-state index in [1.807, 2.05) is 36.4 Å². The molecule has 48 valence electrons. The Labute approximate surface area is 52.9 Å². The summed E-state index contributed by atoms with van der Waals surface area (Å²) < 4.78 is 0. The molecule has 1 aromatic rings. The lowest BCUT2D eigenvalue weighted by Gasteiger charge is -1.69. The molecule has 0 radical (unpaired) electrons. The van der Waals surface area contributed by atoms with E-state index < -0.39 is 0 Å². The van der Waals surface area contributed by atoms with Gasteiger partial charge in [-0.05, 0) is 0 Å². The molecule has 9 heavy (non-hydrogen) atoms. The van der Waals surface area contributed by atoms with Crippen LogP contribution in [0.2, 0.25) is 0 Å². The van der Waals surface area contributed by atoms with Crippen LogP contribution in [0, 0.1) is 4.91 Å². The molecule has 0 aliphatic rings. The zero-order chi connectivity index (χ0) is 6.95. The maximum atomic E-state index is 8.11. The molecule has 0 bridgehead atoms. The van der Waals surface area contributed by atoms with Crippen molar-refractivity contribution in [2.45, 2.75) is 0 Å². The SMILES string of the molecule is O=NO.c1ccccc1. The summed E-state index contributed by atoms with van der Waals surface area (Å²) in [6, 6.07) is 12.0. The number of hydrogen-bond acceptors (Lipinski definition) is 2. The van der Waals surface area contributed by atoms with E-state index in [4.69, 9.17) is 10.1 Å². The summed E-state index contributed by atoms with van der Waals surface area (Å²) in [7, 11) is 0. The fraction of sp³-hybridized carbons (Fsp3) is 0. The van der Waals surface area contributed by atoms with Crippen LogP contribution in [-0.4, -0.2) is 5.21 Å². The topological polar surface area (TPSA) is 49.7 Å². The van der Waals surface area contributed by atoms with E-state index in [0.29, 0.717) is 0 Å². The van der Waals surface area contributed by atoms with Crippen LogP contribution in [0.4, 0.5) is 0 Å². The molecule has 0 saturated carbocycles. The molecule has 3 heteroatoms. The van der Waals surface area contributed by atoms with Crippen LogP contribution >= 0.6 is 0 Å².